The molecule has 1 atom stereocenters. The predicted molar refractivity (Wildman–Crippen MR) is 152 cm³/mol. The number of aryl methyl sites for hydroxylation is 1. The van der Waals surface area contributed by atoms with Crippen molar-refractivity contribution in [3.8, 4) is 17.2 Å². The molecule has 0 bridgehead atoms. The topological polar surface area (TPSA) is 94.5 Å². The number of amides is 1. The zero-order valence-corrected chi connectivity index (χ0v) is 22.6. The van der Waals surface area contributed by atoms with E-state index in [9.17, 15) is 9.59 Å². The molecule has 3 aromatic carbocycles. The summed E-state index contributed by atoms with van der Waals surface area (Å²) in [6, 6.07) is 19.0. The third-order valence-corrected chi connectivity index (χ3v) is 7.03. The minimum absolute atomic E-state index is 0.0339. The average Bonchev–Trinajstić information content (AvgIpc) is 3.46. The molecule has 1 unspecified atom stereocenters. The number of halogens is 2. The van der Waals surface area contributed by atoms with Crippen molar-refractivity contribution >= 4 is 40.5 Å². The highest BCUT2D eigenvalue weighted by Gasteiger charge is 2.19. The van der Waals surface area contributed by atoms with Crippen molar-refractivity contribution in [2.45, 2.75) is 25.9 Å². The first-order valence-corrected chi connectivity index (χ1v) is 13.2. The fourth-order valence-electron chi connectivity index (χ4n) is 4.23. The van der Waals surface area contributed by atoms with Crippen LogP contribution in [0.3, 0.4) is 0 Å². The largest absolute Gasteiger partial charge is 0.453 e. The highest BCUT2D eigenvalue weighted by molar-refractivity contribution is 6.32. The molecule has 1 aliphatic rings. The van der Waals surface area contributed by atoms with Crippen LogP contribution in [0.4, 0.5) is 11.4 Å². The molecule has 2 N–H and O–H groups in total. The zero-order valence-electron chi connectivity index (χ0n) is 21.1. The first-order chi connectivity index (χ1) is 18.9. The number of anilines is 2. The van der Waals surface area contributed by atoms with Gasteiger partial charge < -0.3 is 20.1 Å². The number of hydrogen-bond donors (Lipinski definition) is 2. The number of ether oxygens (including phenoxy) is 2. The van der Waals surface area contributed by atoms with Crippen molar-refractivity contribution in [1.29, 1.82) is 0 Å². The second-order valence-electron chi connectivity index (χ2n) is 9.12. The van der Waals surface area contributed by atoms with Crippen LogP contribution < -0.4 is 20.9 Å². The Labute approximate surface area is 235 Å². The normalized spacial score (nSPS) is 14.7. The van der Waals surface area contributed by atoms with Crippen LogP contribution in [-0.4, -0.2) is 34.9 Å². The van der Waals surface area contributed by atoms with E-state index in [1.165, 1.54) is 10.9 Å². The molecule has 0 radical (unpaired) electrons. The molecular formula is C29H26Cl2N4O4. The number of rotatable bonds is 8. The van der Waals surface area contributed by atoms with E-state index in [0.29, 0.717) is 39.3 Å². The maximum atomic E-state index is 13.7. The number of nitrogens with zero attached hydrogens (tertiary/aromatic N) is 2. The summed E-state index contributed by atoms with van der Waals surface area (Å²) in [6.07, 6.45) is 3.40. The fraction of sp³-hybridized carbons (Fsp3) is 0.207. The second-order valence-corrected chi connectivity index (χ2v) is 9.93. The molecule has 200 valence electrons. The van der Waals surface area contributed by atoms with Gasteiger partial charge in [-0.3, -0.25) is 9.59 Å². The summed E-state index contributed by atoms with van der Waals surface area (Å²) in [5.74, 6) is 0.447. The van der Waals surface area contributed by atoms with Gasteiger partial charge in [0, 0.05) is 29.4 Å². The molecule has 0 spiro atoms. The van der Waals surface area contributed by atoms with E-state index in [4.69, 9.17) is 32.7 Å². The Morgan fingerprint density at radius 1 is 1.10 bits per heavy atom. The average molecular weight is 565 g/mol. The highest BCUT2D eigenvalue weighted by atomic mass is 35.5. The molecule has 8 nitrogen and oxygen atoms in total. The SMILES string of the molecule is Cc1cc(Oc2cnn(-c3ccccc3Cl)c(=O)c2Nc2cccc(C(=O)NCC3CCCO3)c2)ccc1Cl. The van der Waals surface area contributed by atoms with E-state index >= 15 is 0 Å². The number of nitrogens with one attached hydrogen (secondary N) is 2. The van der Waals surface area contributed by atoms with Gasteiger partial charge in [0.15, 0.2) is 11.4 Å². The van der Waals surface area contributed by atoms with E-state index in [2.05, 4.69) is 15.7 Å². The van der Waals surface area contributed by atoms with Gasteiger partial charge in [-0.05, 0) is 73.9 Å². The Morgan fingerprint density at radius 2 is 1.95 bits per heavy atom. The lowest BCUT2D eigenvalue weighted by molar-refractivity contribution is 0.0858. The minimum Gasteiger partial charge on any atom is -0.453 e. The Kier molecular flexibility index (Phi) is 8.16. The summed E-state index contributed by atoms with van der Waals surface area (Å²) in [7, 11) is 0. The summed E-state index contributed by atoms with van der Waals surface area (Å²) in [5, 5.41) is 11.3. The number of aromatic nitrogens is 2. The Morgan fingerprint density at radius 3 is 2.72 bits per heavy atom. The standard InChI is InChI=1S/C29H26Cl2N4O4/c1-18-14-21(11-12-23(18)30)39-26-17-33-35(25-10-3-2-9-24(25)31)29(37)27(26)34-20-7-4-6-19(15-20)28(36)32-16-22-8-5-13-38-22/h2-4,6-7,9-12,14-15,17,22,34H,5,8,13,16H2,1H3,(H,32,36). The summed E-state index contributed by atoms with van der Waals surface area (Å²) < 4.78 is 12.9. The van der Waals surface area contributed by atoms with Gasteiger partial charge in [0.1, 0.15) is 5.75 Å². The van der Waals surface area contributed by atoms with Crippen molar-refractivity contribution in [3.63, 3.8) is 0 Å². The highest BCUT2D eigenvalue weighted by Crippen LogP contribution is 2.31. The van der Waals surface area contributed by atoms with Gasteiger partial charge in [-0.25, -0.2) is 0 Å². The number of para-hydroxylation sites is 1. The summed E-state index contributed by atoms with van der Waals surface area (Å²) in [6.45, 7) is 3.02. The molecule has 4 aromatic rings. The molecule has 1 fully saturated rings. The molecule has 1 saturated heterocycles. The van der Waals surface area contributed by atoms with Crippen molar-refractivity contribution in [1.82, 2.24) is 15.1 Å². The van der Waals surface area contributed by atoms with Crippen LogP contribution in [0, 0.1) is 6.92 Å². The Balaban J connectivity index is 1.48. The minimum atomic E-state index is -0.487. The molecule has 1 aromatic heterocycles. The van der Waals surface area contributed by atoms with E-state index in [0.717, 1.165) is 25.0 Å². The van der Waals surface area contributed by atoms with Crippen molar-refractivity contribution in [2.75, 3.05) is 18.5 Å². The predicted octanol–water partition coefficient (Wildman–Crippen LogP) is 6.29. The van der Waals surface area contributed by atoms with E-state index in [1.54, 1.807) is 66.7 Å². The first kappa shape index (κ1) is 26.7. The molecule has 2 heterocycles. The second kappa shape index (κ2) is 11.9. The molecule has 5 rings (SSSR count). The zero-order chi connectivity index (χ0) is 27.4. The molecular weight excluding hydrogens is 539 g/mol. The molecule has 39 heavy (non-hydrogen) atoms. The Hall–Kier alpha value is -3.85. The molecule has 0 aliphatic carbocycles. The van der Waals surface area contributed by atoms with Crippen LogP contribution in [0.1, 0.15) is 28.8 Å². The van der Waals surface area contributed by atoms with Gasteiger partial charge in [-0.15, -0.1) is 0 Å². The van der Waals surface area contributed by atoms with Gasteiger partial charge >= 0.3 is 0 Å². The maximum Gasteiger partial charge on any atom is 0.299 e. The number of hydrogen-bond acceptors (Lipinski definition) is 6. The van der Waals surface area contributed by atoms with Crippen molar-refractivity contribution in [3.05, 3.63) is 104 Å². The first-order valence-electron chi connectivity index (χ1n) is 12.5. The lowest BCUT2D eigenvalue weighted by Crippen LogP contribution is -2.31. The van der Waals surface area contributed by atoms with Gasteiger partial charge in [0.25, 0.3) is 11.5 Å². The van der Waals surface area contributed by atoms with Crippen molar-refractivity contribution in [2.24, 2.45) is 0 Å². The van der Waals surface area contributed by atoms with Crippen LogP contribution in [0.15, 0.2) is 77.7 Å². The maximum absolute atomic E-state index is 13.7. The van der Waals surface area contributed by atoms with Gasteiger partial charge in [0.2, 0.25) is 0 Å². The van der Waals surface area contributed by atoms with Gasteiger partial charge in [-0.2, -0.15) is 9.78 Å². The Bertz CT molecular complexity index is 1570. The molecule has 0 saturated carbocycles. The third-order valence-electron chi connectivity index (χ3n) is 6.29. The van der Waals surface area contributed by atoms with Crippen LogP contribution in [0.5, 0.6) is 11.5 Å². The van der Waals surface area contributed by atoms with E-state index in [-0.39, 0.29) is 23.4 Å². The number of carbonyl (C=O) groups is 1. The van der Waals surface area contributed by atoms with Crippen LogP contribution in [-0.2, 0) is 4.74 Å². The van der Waals surface area contributed by atoms with Crippen LogP contribution in [0.2, 0.25) is 10.0 Å². The molecule has 1 amide bonds. The monoisotopic (exact) mass is 564 g/mol. The number of benzene rings is 3. The number of carbonyl (C=O) groups excluding carboxylic acids is 1. The quantitative estimate of drug-likeness (QED) is 0.261. The summed E-state index contributed by atoms with van der Waals surface area (Å²) >= 11 is 12.5. The van der Waals surface area contributed by atoms with Gasteiger partial charge in [0.05, 0.1) is 23.0 Å². The summed E-state index contributed by atoms with van der Waals surface area (Å²) in [5.41, 5.74) is 1.83. The van der Waals surface area contributed by atoms with E-state index in [1.807, 2.05) is 6.92 Å². The van der Waals surface area contributed by atoms with Crippen molar-refractivity contribution < 1.29 is 14.3 Å². The molecule has 10 heteroatoms. The lowest BCUT2D eigenvalue weighted by Gasteiger charge is -2.16. The van der Waals surface area contributed by atoms with Gasteiger partial charge in [-0.1, -0.05) is 41.4 Å². The molecule has 1 aliphatic heterocycles. The smallest absolute Gasteiger partial charge is 0.299 e. The lowest BCUT2D eigenvalue weighted by atomic mass is 10.1. The van der Waals surface area contributed by atoms with E-state index < -0.39 is 5.56 Å². The van der Waals surface area contributed by atoms with Crippen LogP contribution in [0.25, 0.3) is 5.69 Å². The van der Waals surface area contributed by atoms with Crippen LogP contribution >= 0.6 is 23.2 Å². The summed E-state index contributed by atoms with van der Waals surface area (Å²) in [4.78, 5) is 26.5. The fourth-order valence-corrected chi connectivity index (χ4v) is 4.56. The third kappa shape index (κ3) is 6.25.